The molecular formula is C12H11NO2S2. The number of hydrogen-bond donors (Lipinski definition) is 1. The molecule has 1 aromatic rings. The van der Waals surface area contributed by atoms with Gasteiger partial charge >= 0.3 is 0 Å². The van der Waals surface area contributed by atoms with Gasteiger partial charge in [-0.25, -0.2) is 0 Å². The number of rotatable bonds is 1. The van der Waals surface area contributed by atoms with Crippen molar-refractivity contribution < 1.29 is 9.90 Å². The molecular weight excluding hydrogens is 254 g/mol. The normalized spacial score (nSPS) is 18.2. The number of aryl methyl sites for hydroxylation is 1. The van der Waals surface area contributed by atoms with E-state index in [9.17, 15) is 9.90 Å². The Kier molecular flexibility index (Phi) is 3.22. The van der Waals surface area contributed by atoms with E-state index in [-0.39, 0.29) is 11.7 Å². The molecule has 0 aliphatic carbocycles. The molecule has 0 unspecified atom stereocenters. The quantitative estimate of drug-likeness (QED) is 0.626. The van der Waals surface area contributed by atoms with Crippen LogP contribution in [0.15, 0.2) is 23.1 Å². The van der Waals surface area contributed by atoms with E-state index < -0.39 is 0 Å². The minimum atomic E-state index is -0.124. The molecule has 88 valence electrons. The van der Waals surface area contributed by atoms with Gasteiger partial charge in [0.2, 0.25) is 0 Å². The van der Waals surface area contributed by atoms with E-state index in [1.54, 1.807) is 19.2 Å². The zero-order valence-corrected chi connectivity index (χ0v) is 11.1. The first-order valence-electron chi connectivity index (χ1n) is 5.00. The van der Waals surface area contributed by atoms with E-state index >= 15 is 0 Å². The van der Waals surface area contributed by atoms with Crippen molar-refractivity contribution in [2.45, 2.75) is 6.92 Å². The molecule has 0 radical (unpaired) electrons. The second kappa shape index (κ2) is 4.50. The number of carbonyl (C=O) groups excluding carboxylic acids is 1. The van der Waals surface area contributed by atoms with Gasteiger partial charge in [-0.15, -0.1) is 0 Å². The van der Waals surface area contributed by atoms with Gasteiger partial charge in [0.25, 0.3) is 5.91 Å². The summed E-state index contributed by atoms with van der Waals surface area (Å²) in [7, 11) is 1.65. The summed E-state index contributed by atoms with van der Waals surface area (Å²) in [5, 5.41) is 9.70. The lowest BCUT2D eigenvalue weighted by molar-refractivity contribution is -0.121. The minimum Gasteiger partial charge on any atom is -0.507 e. The Balaban J connectivity index is 2.40. The molecule has 0 saturated carbocycles. The molecule has 0 atom stereocenters. The van der Waals surface area contributed by atoms with Gasteiger partial charge in [0, 0.05) is 12.6 Å². The van der Waals surface area contributed by atoms with Gasteiger partial charge in [-0.3, -0.25) is 9.69 Å². The smallest absolute Gasteiger partial charge is 0.265 e. The molecule has 1 aliphatic rings. The highest BCUT2D eigenvalue weighted by molar-refractivity contribution is 8.26. The molecule has 3 nitrogen and oxygen atoms in total. The Morgan fingerprint density at radius 3 is 2.76 bits per heavy atom. The second-order valence-corrected chi connectivity index (χ2v) is 5.48. The zero-order chi connectivity index (χ0) is 12.6. The predicted molar refractivity (Wildman–Crippen MR) is 73.8 cm³/mol. The molecule has 1 N–H and O–H groups in total. The summed E-state index contributed by atoms with van der Waals surface area (Å²) < 4.78 is 0.536. The Hall–Kier alpha value is -1.33. The van der Waals surface area contributed by atoms with E-state index in [0.717, 1.165) is 5.56 Å². The second-order valence-electron chi connectivity index (χ2n) is 3.80. The fourth-order valence-corrected chi connectivity index (χ4v) is 2.65. The van der Waals surface area contributed by atoms with E-state index in [2.05, 4.69) is 0 Å². The Morgan fingerprint density at radius 2 is 2.18 bits per heavy atom. The average Bonchev–Trinajstić information content (AvgIpc) is 2.52. The van der Waals surface area contributed by atoms with Gasteiger partial charge in [0.15, 0.2) is 0 Å². The summed E-state index contributed by atoms with van der Waals surface area (Å²) in [6.45, 7) is 1.93. The maximum Gasteiger partial charge on any atom is 0.265 e. The summed E-state index contributed by atoms with van der Waals surface area (Å²) in [6, 6.07) is 5.27. The third-order valence-corrected chi connectivity index (χ3v) is 3.94. The van der Waals surface area contributed by atoms with Gasteiger partial charge in [0.05, 0.1) is 4.91 Å². The van der Waals surface area contributed by atoms with Crippen LogP contribution < -0.4 is 0 Å². The number of nitrogens with zero attached hydrogens (tertiary/aromatic N) is 1. The lowest BCUT2D eigenvalue weighted by Crippen LogP contribution is -2.22. The fourth-order valence-electron chi connectivity index (χ4n) is 1.48. The van der Waals surface area contributed by atoms with Crippen molar-refractivity contribution in [3.05, 3.63) is 34.2 Å². The molecule has 1 fully saturated rings. The van der Waals surface area contributed by atoms with Crippen molar-refractivity contribution >= 4 is 40.3 Å². The van der Waals surface area contributed by atoms with Crippen LogP contribution in [0.1, 0.15) is 11.1 Å². The van der Waals surface area contributed by atoms with E-state index in [0.29, 0.717) is 14.8 Å². The number of amides is 1. The molecule has 17 heavy (non-hydrogen) atoms. The topological polar surface area (TPSA) is 40.5 Å². The maximum atomic E-state index is 11.8. The van der Waals surface area contributed by atoms with Crippen molar-refractivity contribution in [2.75, 3.05) is 7.05 Å². The first kappa shape index (κ1) is 12.1. The Bertz CT molecular complexity index is 537. The van der Waals surface area contributed by atoms with Gasteiger partial charge in [0.1, 0.15) is 10.1 Å². The van der Waals surface area contributed by atoms with Crippen molar-refractivity contribution in [1.82, 2.24) is 4.90 Å². The molecule has 0 spiro atoms. The largest absolute Gasteiger partial charge is 0.507 e. The molecule has 0 aromatic heterocycles. The van der Waals surface area contributed by atoms with Gasteiger partial charge in [-0.2, -0.15) is 0 Å². The van der Waals surface area contributed by atoms with Crippen LogP contribution in [0.5, 0.6) is 5.75 Å². The minimum absolute atomic E-state index is 0.124. The number of thioether (sulfide) groups is 1. The van der Waals surface area contributed by atoms with Crippen LogP contribution >= 0.6 is 24.0 Å². The SMILES string of the molecule is Cc1ccc(O)c(C=C2SC(=S)N(C)C2=O)c1. The van der Waals surface area contributed by atoms with E-state index in [1.165, 1.54) is 16.7 Å². The zero-order valence-electron chi connectivity index (χ0n) is 9.43. The third-order valence-electron chi connectivity index (χ3n) is 2.46. The lowest BCUT2D eigenvalue weighted by Gasteiger charge is -2.04. The molecule has 2 rings (SSSR count). The van der Waals surface area contributed by atoms with Crippen LogP contribution in [0, 0.1) is 6.92 Å². The lowest BCUT2D eigenvalue weighted by atomic mass is 10.1. The Morgan fingerprint density at radius 1 is 1.47 bits per heavy atom. The highest BCUT2D eigenvalue weighted by Crippen LogP contribution is 2.33. The predicted octanol–water partition coefficient (Wildman–Crippen LogP) is 2.53. The summed E-state index contributed by atoms with van der Waals surface area (Å²) in [5.74, 6) is 0.0397. The van der Waals surface area contributed by atoms with Gasteiger partial charge in [-0.1, -0.05) is 35.6 Å². The number of aromatic hydroxyl groups is 1. The number of carbonyl (C=O) groups is 1. The molecule has 5 heteroatoms. The first-order chi connectivity index (χ1) is 7.99. The molecule has 1 aliphatic heterocycles. The maximum absolute atomic E-state index is 11.8. The molecule has 1 amide bonds. The average molecular weight is 265 g/mol. The summed E-state index contributed by atoms with van der Waals surface area (Å²) >= 11 is 6.28. The number of phenolic OH excluding ortho intramolecular Hbond substituents is 1. The van der Waals surface area contributed by atoms with Crippen LogP contribution in [-0.4, -0.2) is 27.3 Å². The summed E-state index contributed by atoms with van der Waals surface area (Å²) in [5.41, 5.74) is 1.67. The molecule has 1 aromatic carbocycles. The van der Waals surface area contributed by atoms with Crippen LogP contribution in [0.4, 0.5) is 0 Å². The number of thiocarbonyl (C=S) groups is 1. The molecule has 1 heterocycles. The van der Waals surface area contributed by atoms with Crippen molar-refractivity contribution in [3.63, 3.8) is 0 Å². The van der Waals surface area contributed by atoms with Crippen molar-refractivity contribution in [2.24, 2.45) is 0 Å². The fraction of sp³-hybridized carbons (Fsp3) is 0.167. The highest BCUT2D eigenvalue weighted by Gasteiger charge is 2.28. The summed E-state index contributed by atoms with van der Waals surface area (Å²) in [4.78, 5) is 13.8. The van der Waals surface area contributed by atoms with Gasteiger partial charge < -0.3 is 5.11 Å². The van der Waals surface area contributed by atoms with Crippen molar-refractivity contribution in [3.8, 4) is 5.75 Å². The Labute approximate surface area is 109 Å². The number of phenols is 1. The summed E-state index contributed by atoms with van der Waals surface area (Å²) in [6.07, 6.45) is 1.67. The molecule has 0 bridgehead atoms. The van der Waals surface area contributed by atoms with E-state index in [4.69, 9.17) is 12.2 Å². The van der Waals surface area contributed by atoms with E-state index in [1.807, 2.05) is 19.1 Å². The van der Waals surface area contributed by atoms with Gasteiger partial charge in [-0.05, 0) is 25.1 Å². The van der Waals surface area contributed by atoms with Crippen LogP contribution in [0.3, 0.4) is 0 Å². The van der Waals surface area contributed by atoms with Crippen LogP contribution in [0.2, 0.25) is 0 Å². The third kappa shape index (κ3) is 2.35. The standard InChI is InChI=1S/C12H11NO2S2/c1-7-3-4-9(14)8(5-7)6-10-11(15)13(2)12(16)17-10/h3-6,14H,1-2H3. The number of likely N-dealkylation sites (N-methyl/N-ethyl adjacent to an activating group) is 1. The molecule has 1 saturated heterocycles. The van der Waals surface area contributed by atoms with Crippen molar-refractivity contribution in [1.29, 1.82) is 0 Å². The highest BCUT2D eigenvalue weighted by atomic mass is 32.2. The number of benzene rings is 1. The first-order valence-corrected chi connectivity index (χ1v) is 6.22. The monoisotopic (exact) mass is 265 g/mol. The number of hydrogen-bond acceptors (Lipinski definition) is 4. The van der Waals surface area contributed by atoms with Crippen LogP contribution in [-0.2, 0) is 4.79 Å². The van der Waals surface area contributed by atoms with Crippen LogP contribution in [0.25, 0.3) is 6.08 Å².